The van der Waals surface area contributed by atoms with E-state index in [1.807, 2.05) is 19.1 Å². The zero-order chi connectivity index (χ0) is 16.1. The van der Waals surface area contributed by atoms with Gasteiger partial charge in [0.05, 0.1) is 11.6 Å². The van der Waals surface area contributed by atoms with Gasteiger partial charge in [-0.1, -0.05) is 30.7 Å². The maximum atomic E-state index is 12.2. The fourth-order valence-corrected chi connectivity index (χ4v) is 2.16. The van der Waals surface area contributed by atoms with Crippen molar-refractivity contribution >= 4 is 23.4 Å². The van der Waals surface area contributed by atoms with Gasteiger partial charge in [0.2, 0.25) is 0 Å². The number of nitrogens with two attached hydrogens (primary N) is 1. The first-order valence-electron chi connectivity index (χ1n) is 6.83. The summed E-state index contributed by atoms with van der Waals surface area (Å²) in [5.41, 5.74) is 6.59. The van der Waals surface area contributed by atoms with Crippen LogP contribution in [-0.4, -0.2) is 16.8 Å². The van der Waals surface area contributed by atoms with E-state index in [9.17, 15) is 9.59 Å². The molecule has 1 aromatic heterocycles. The Morgan fingerprint density at radius 2 is 1.91 bits per heavy atom. The summed E-state index contributed by atoms with van der Waals surface area (Å²) in [7, 11) is 0. The van der Waals surface area contributed by atoms with Crippen LogP contribution in [-0.2, 0) is 0 Å². The van der Waals surface area contributed by atoms with Crippen LogP contribution in [0, 0.1) is 0 Å². The van der Waals surface area contributed by atoms with Crippen LogP contribution >= 0.6 is 11.6 Å². The van der Waals surface area contributed by atoms with E-state index < -0.39 is 5.91 Å². The van der Waals surface area contributed by atoms with Gasteiger partial charge < -0.3 is 11.1 Å². The lowest BCUT2D eigenvalue weighted by molar-refractivity contribution is 0.0932. The second kappa shape index (κ2) is 7.04. The van der Waals surface area contributed by atoms with Gasteiger partial charge in [0.25, 0.3) is 11.8 Å². The molecule has 0 aliphatic heterocycles. The quantitative estimate of drug-likeness (QED) is 0.889. The molecule has 0 aliphatic carbocycles. The minimum Gasteiger partial charge on any atom is -0.364 e. The molecular formula is C16H16ClN3O2. The van der Waals surface area contributed by atoms with Crippen molar-refractivity contribution in [2.24, 2.45) is 5.73 Å². The highest BCUT2D eigenvalue weighted by atomic mass is 35.5. The fourth-order valence-electron chi connectivity index (χ4n) is 2.03. The van der Waals surface area contributed by atoms with Crippen molar-refractivity contribution in [3.8, 4) is 0 Å². The summed E-state index contributed by atoms with van der Waals surface area (Å²) in [6, 6.07) is 10.2. The number of carbonyl (C=O) groups is 2. The van der Waals surface area contributed by atoms with Crippen LogP contribution in [0.25, 0.3) is 0 Å². The lowest BCUT2D eigenvalue weighted by Gasteiger charge is -2.17. The molecule has 1 atom stereocenters. The smallest absolute Gasteiger partial charge is 0.267 e. The maximum absolute atomic E-state index is 12.2. The van der Waals surface area contributed by atoms with Gasteiger partial charge in [-0.25, -0.2) is 0 Å². The van der Waals surface area contributed by atoms with Crippen LogP contribution in [0.2, 0.25) is 5.02 Å². The Kier molecular flexibility index (Phi) is 5.12. The minimum absolute atomic E-state index is 0.124. The first-order chi connectivity index (χ1) is 10.5. The summed E-state index contributed by atoms with van der Waals surface area (Å²) in [4.78, 5) is 27.1. The molecule has 0 spiro atoms. The predicted molar refractivity (Wildman–Crippen MR) is 84.7 cm³/mol. The van der Waals surface area contributed by atoms with Crippen LogP contribution in [0.15, 0.2) is 42.6 Å². The molecule has 2 rings (SSSR count). The molecule has 0 unspecified atom stereocenters. The zero-order valence-electron chi connectivity index (χ0n) is 12.0. The number of halogens is 1. The standard InChI is InChI=1S/C16H16ClN3O2/c1-2-13(10-3-6-12(17)7-4-10)20-16(22)11-5-8-14(15(18)21)19-9-11/h3-9,13H,2H2,1H3,(H2,18,21)(H,20,22)/t13-/m1/s1. The molecule has 3 N–H and O–H groups in total. The van der Waals surface area contributed by atoms with Crippen molar-refractivity contribution in [2.45, 2.75) is 19.4 Å². The molecular weight excluding hydrogens is 302 g/mol. The van der Waals surface area contributed by atoms with E-state index in [1.54, 1.807) is 12.1 Å². The number of hydrogen-bond acceptors (Lipinski definition) is 3. The highest BCUT2D eigenvalue weighted by Crippen LogP contribution is 2.19. The number of amides is 2. The number of rotatable bonds is 5. The van der Waals surface area contributed by atoms with Gasteiger partial charge in [-0.05, 0) is 36.2 Å². The average Bonchev–Trinajstić information content (AvgIpc) is 2.53. The van der Waals surface area contributed by atoms with Crippen LogP contribution in [0.3, 0.4) is 0 Å². The molecule has 22 heavy (non-hydrogen) atoms. The van der Waals surface area contributed by atoms with Crippen LogP contribution in [0.4, 0.5) is 0 Å². The van der Waals surface area contributed by atoms with E-state index in [0.717, 1.165) is 12.0 Å². The monoisotopic (exact) mass is 317 g/mol. The summed E-state index contributed by atoms with van der Waals surface area (Å²) in [6.07, 6.45) is 2.07. The first kappa shape index (κ1) is 16.0. The molecule has 114 valence electrons. The first-order valence-corrected chi connectivity index (χ1v) is 7.21. The van der Waals surface area contributed by atoms with Gasteiger partial charge in [0.15, 0.2) is 0 Å². The third-order valence-electron chi connectivity index (χ3n) is 3.26. The second-order valence-corrected chi connectivity index (χ2v) is 5.22. The number of primary amides is 1. The lowest BCUT2D eigenvalue weighted by atomic mass is 10.0. The Labute approximate surface area is 133 Å². The Bertz CT molecular complexity index is 669. The predicted octanol–water partition coefficient (Wildman–Crippen LogP) is 2.72. The van der Waals surface area contributed by atoms with E-state index >= 15 is 0 Å². The number of carbonyl (C=O) groups excluding carboxylic acids is 2. The number of nitrogens with one attached hydrogen (secondary N) is 1. The van der Waals surface area contributed by atoms with Gasteiger partial charge in [-0.3, -0.25) is 14.6 Å². The molecule has 5 nitrogen and oxygen atoms in total. The summed E-state index contributed by atoms with van der Waals surface area (Å²) in [6.45, 7) is 1.98. The lowest BCUT2D eigenvalue weighted by Crippen LogP contribution is -2.28. The van der Waals surface area contributed by atoms with Gasteiger partial charge in [-0.15, -0.1) is 0 Å². The average molecular weight is 318 g/mol. The maximum Gasteiger partial charge on any atom is 0.267 e. The minimum atomic E-state index is -0.625. The Hall–Kier alpha value is -2.40. The molecule has 0 saturated carbocycles. The number of hydrogen-bond donors (Lipinski definition) is 2. The van der Waals surface area contributed by atoms with E-state index in [0.29, 0.717) is 10.6 Å². The van der Waals surface area contributed by atoms with Gasteiger partial charge >= 0.3 is 0 Å². The number of nitrogens with zero attached hydrogens (tertiary/aromatic N) is 1. The normalized spacial score (nSPS) is 11.7. The van der Waals surface area contributed by atoms with Crippen molar-refractivity contribution in [3.63, 3.8) is 0 Å². The molecule has 6 heteroatoms. The Morgan fingerprint density at radius 1 is 1.23 bits per heavy atom. The van der Waals surface area contributed by atoms with Gasteiger partial charge in [0.1, 0.15) is 5.69 Å². The highest BCUT2D eigenvalue weighted by Gasteiger charge is 2.15. The van der Waals surface area contributed by atoms with Crippen LogP contribution < -0.4 is 11.1 Å². The van der Waals surface area contributed by atoms with Crippen LogP contribution in [0.1, 0.15) is 45.8 Å². The topological polar surface area (TPSA) is 85.1 Å². The van der Waals surface area contributed by atoms with E-state index in [-0.39, 0.29) is 17.6 Å². The van der Waals surface area contributed by atoms with Crippen molar-refractivity contribution < 1.29 is 9.59 Å². The summed E-state index contributed by atoms with van der Waals surface area (Å²) < 4.78 is 0. The van der Waals surface area contributed by atoms with E-state index in [4.69, 9.17) is 17.3 Å². The summed E-state index contributed by atoms with van der Waals surface area (Å²) in [5.74, 6) is -0.884. The number of aromatic nitrogens is 1. The molecule has 2 aromatic rings. The summed E-state index contributed by atoms with van der Waals surface area (Å²) in [5, 5.41) is 3.58. The summed E-state index contributed by atoms with van der Waals surface area (Å²) >= 11 is 5.87. The molecule has 0 saturated heterocycles. The van der Waals surface area contributed by atoms with Crippen molar-refractivity contribution in [1.29, 1.82) is 0 Å². The zero-order valence-corrected chi connectivity index (χ0v) is 12.8. The number of pyridine rings is 1. The second-order valence-electron chi connectivity index (χ2n) is 4.78. The van der Waals surface area contributed by atoms with Crippen molar-refractivity contribution in [3.05, 3.63) is 64.4 Å². The third kappa shape index (κ3) is 3.83. The SMILES string of the molecule is CC[C@@H](NC(=O)c1ccc(C(N)=O)nc1)c1ccc(Cl)cc1. The third-order valence-corrected chi connectivity index (χ3v) is 3.52. The molecule has 0 radical (unpaired) electrons. The van der Waals surface area contributed by atoms with Gasteiger partial charge in [0, 0.05) is 11.2 Å². The van der Waals surface area contributed by atoms with Crippen LogP contribution in [0.5, 0.6) is 0 Å². The molecule has 0 aliphatic rings. The Morgan fingerprint density at radius 3 is 2.41 bits per heavy atom. The van der Waals surface area contributed by atoms with Gasteiger partial charge in [-0.2, -0.15) is 0 Å². The number of benzene rings is 1. The molecule has 2 amide bonds. The van der Waals surface area contributed by atoms with Crippen molar-refractivity contribution in [2.75, 3.05) is 0 Å². The molecule has 1 aromatic carbocycles. The van der Waals surface area contributed by atoms with E-state index in [1.165, 1.54) is 18.3 Å². The molecule has 0 bridgehead atoms. The van der Waals surface area contributed by atoms with Crippen molar-refractivity contribution in [1.82, 2.24) is 10.3 Å². The fraction of sp³-hybridized carbons (Fsp3) is 0.188. The Balaban J connectivity index is 2.11. The molecule has 0 fully saturated rings. The largest absolute Gasteiger partial charge is 0.364 e. The highest BCUT2D eigenvalue weighted by molar-refractivity contribution is 6.30. The molecule has 1 heterocycles. The van der Waals surface area contributed by atoms with E-state index in [2.05, 4.69) is 10.3 Å².